The molecule has 0 spiro atoms. The van der Waals surface area contributed by atoms with Crippen LogP contribution in [0.15, 0.2) is 90.0 Å². The highest BCUT2D eigenvalue weighted by Crippen LogP contribution is 2.42. The Labute approximate surface area is 268 Å². The van der Waals surface area contributed by atoms with E-state index in [-0.39, 0.29) is 42.4 Å². The fourth-order valence-electron chi connectivity index (χ4n) is 5.76. The highest BCUT2D eigenvalue weighted by Gasteiger charge is 2.59. The Morgan fingerprint density at radius 2 is 1.70 bits per heavy atom. The molecule has 2 heterocycles. The van der Waals surface area contributed by atoms with Crippen LogP contribution in [-0.4, -0.2) is 58.2 Å². The van der Waals surface area contributed by atoms with Crippen molar-refractivity contribution in [3.63, 3.8) is 0 Å². The van der Waals surface area contributed by atoms with E-state index in [0.717, 1.165) is 17.7 Å². The Kier molecular flexibility index (Phi) is 9.81. The van der Waals surface area contributed by atoms with E-state index >= 15 is 0 Å². The van der Waals surface area contributed by atoms with Gasteiger partial charge in [-0.2, -0.15) is 13.2 Å². The molecule has 0 aromatic heterocycles. The summed E-state index contributed by atoms with van der Waals surface area (Å²) in [5.74, 6) is -1.48. The van der Waals surface area contributed by atoms with Crippen molar-refractivity contribution >= 4 is 41.4 Å². The standard InChI is InChI=1S/C34H31ClF3N3O5/c1-21(42)15-16-27(31(43)39-19-23-11-8-14-25(17-23)34(36,37)38)40-29(26(35)18-22-9-4-2-5-10-22)30(32(40)44)41-28(20-46-33(41)45)24-12-6-3-7-13-24/h2-14,17-18,27-30H,15-16,19-20H2,1H3,(H,39,43)/b26-18-. The van der Waals surface area contributed by atoms with Gasteiger partial charge in [-0.1, -0.05) is 84.4 Å². The summed E-state index contributed by atoms with van der Waals surface area (Å²) in [6, 6.07) is 18.7. The van der Waals surface area contributed by atoms with E-state index in [9.17, 15) is 32.3 Å². The Morgan fingerprint density at radius 1 is 1.02 bits per heavy atom. The van der Waals surface area contributed by atoms with Gasteiger partial charge in [0.2, 0.25) is 11.8 Å². The van der Waals surface area contributed by atoms with Crippen LogP contribution < -0.4 is 5.32 Å². The molecule has 2 aliphatic heterocycles. The van der Waals surface area contributed by atoms with E-state index in [1.165, 1.54) is 28.9 Å². The molecule has 240 valence electrons. The minimum absolute atomic E-state index is 0.00457. The van der Waals surface area contributed by atoms with E-state index in [1.54, 1.807) is 42.5 Å². The first kappa shape index (κ1) is 32.7. The second kappa shape index (κ2) is 13.8. The molecule has 12 heteroatoms. The van der Waals surface area contributed by atoms with Crippen molar-refractivity contribution in [3.05, 3.63) is 112 Å². The summed E-state index contributed by atoms with van der Waals surface area (Å²) in [5.41, 5.74) is 0.791. The molecule has 5 rings (SSSR count). The predicted octanol–water partition coefficient (Wildman–Crippen LogP) is 6.11. The van der Waals surface area contributed by atoms with Crippen LogP contribution in [0.4, 0.5) is 18.0 Å². The smallest absolute Gasteiger partial charge is 0.416 e. The summed E-state index contributed by atoms with van der Waals surface area (Å²) in [6.45, 7) is 1.10. The monoisotopic (exact) mass is 653 g/mol. The van der Waals surface area contributed by atoms with E-state index in [0.29, 0.717) is 5.56 Å². The molecule has 3 aromatic carbocycles. The van der Waals surface area contributed by atoms with Crippen molar-refractivity contribution in [2.24, 2.45) is 0 Å². The van der Waals surface area contributed by atoms with Gasteiger partial charge in [-0.25, -0.2) is 4.79 Å². The Morgan fingerprint density at radius 3 is 2.35 bits per heavy atom. The molecule has 0 saturated carbocycles. The fourth-order valence-corrected chi connectivity index (χ4v) is 6.11. The number of nitrogens with zero attached hydrogens (tertiary/aromatic N) is 2. The Bertz CT molecular complexity index is 1630. The molecule has 0 bridgehead atoms. The number of cyclic esters (lactones) is 1. The lowest BCUT2D eigenvalue weighted by Crippen LogP contribution is -2.75. The van der Waals surface area contributed by atoms with Gasteiger partial charge in [0.1, 0.15) is 24.5 Å². The number of ketones is 1. The van der Waals surface area contributed by atoms with Crippen LogP contribution >= 0.6 is 11.6 Å². The van der Waals surface area contributed by atoms with Crippen LogP contribution in [0.1, 0.15) is 48.1 Å². The lowest BCUT2D eigenvalue weighted by Gasteiger charge is -2.53. The number of hydrogen-bond donors (Lipinski definition) is 1. The number of likely N-dealkylation sites (tertiary alicyclic amines) is 1. The van der Waals surface area contributed by atoms with Crippen LogP contribution in [0, 0.1) is 0 Å². The maximum Gasteiger partial charge on any atom is 0.416 e. The van der Waals surface area contributed by atoms with Crippen LogP contribution in [0.5, 0.6) is 0 Å². The number of hydrogen-bond acceptors (Lipinski definition) is 5. The first-order valence-electron chi connectivity index (χ1n) is 14.6. The number of amides is 3. The molecular formula is C34H31ClF3N3O5. The van der Waals surface area contributed by atoms with Crippen LogP contribution in [0.2, 0.25) is 0 Å². The lowest BCUT2D eigenvalue weighted by molar-refractivity contribution is -0.163. The second-order valence-electron chi connectivity index (χ2n) is 11.2. The second-order valence-corrected chi connectivity index (χ2v) is 11.6. The predicted molar refractivity (Wildman–Crippen MR) is 164 cm³/mol. The number of carbonyl (C=O) groups excluding carboxylic acids is 4. The maximum absolute atomic E-state index is 14.1. The summed E-state index contributed by atoms with van der Waals surface area (Å²) >= 11 is 6.92. The number of benzene rings is 3. The number of Topliss-reactive ketones (excluding diaryl/α,β-unsaturated/α-hetero) is 1. The molecule has 1 N–H and O–H groups in total. The number of alkyl halides is 3. The zero-order chi connectivity index (χ0) is 33.0. The third-order valence-corrected chi connectivity index (χ3v) is 8.35. The molecular weight excluding hydrogens is 623 g/mol. The molecule has 0 radical (unpaired) electrons. The fraction of sp³-hybridized carbons (Fsp3) is 0.294. The van der Waals surface area contributed by atoms with Gasteiger partial charge in [0.15, 0.2) is 0 Å². The molecule has 46 heavy (non-hydrogen) atoms. The normalized spacial score (nSPS) is 20.6. The number of β-lactam (4-membered cyclic amide) rings is 1. The highest BCUT2D eigenvalue weighted by atomic mass is 35.5. The number of rotatable bonds is 11. The minimum atomic E-state index is -4.56. The van der Waals surface area contributed by atoms with Gasteiger partial charge in [0, 0.05) is 18.0 Å². The Hall–Kier alpha value is -4.64. The van der Waals surface area contributed by atoms with Gasteiger partial charge in [0.25, 0.3) is 0 Å². The zero-order valence-corrected chi connectivity index (χ0v) is 25.5. The van der Waals surface area contributed by atoms with Crippen molar-refractivity contribution in [3.8, 4) is 0 Å². The summed E-state index contributed by atoms with van der Waals surface area (Å²) in [6.07, 6.45) is -3.76. The first-order valence-corrected chi connectivity index (χ1v) is 15.0. The maximum atomic E-state index is 14.1. The Balaban J connectivity index is 1.48. The summed E-state index contributed by atoms with van der Waals surface area (Å²) in [7, 11) is 0. The van der Waals surface area contributed by atoms with Gasteiger partial charge in [0.05, 0.1) is 17.6 Å². The van der Waals surface area contributed by atoms with Crippen molar-refractivity contribution in [2.45, 2.75) is 56.7 Å². The summed E-state index contributed by atoms with van der Waals surface area (Å²) in [4.78, 5) is 55.5. The lowest BCUT2D eigenvalue weighted by atomic mass is 9.86. The summed E-state index contributed by atoms with van der Waals surface area (Å²) < 4.78 is 45.2. The number of carbonyl (C=O) groups is 4. The van der Waals surface area contributed by atoms with Gasteiger partial charge >= 0.3 is 12.3 Å². The molecule has 2 saturated heterocycles. The molecule has 8 nitrogen and oxygen atoms in total. The van der Waals surface area contributed by atoms with Crippen molar-refractivity contribution < 1.29 is 37.1 Å². The van der Waals surface area contributed by atoms with Crippen LogP contribution in [-0.2, 0) is 31.8 Å². The third-order valence-electron chi connectivity index (χ3n) is 8.02. The number of ether oxygens (including phenoxy) is 1. The molecule has 0 aliphatic carbocycles. The van der Waals surface area contributed by atoms with E-state index in [4.69, 9.17) is 16.3 Å². The van der Waals surface area contributed by atoms with E-state index < -0.39 is 53.8 Å². The van der Waals surface area contributed by atoms with E-state index in [2.05, 4.69) is 5.32 Å². The third kappa shape index (κ3) is 7.09. The molecule has 4 atom stereocenters. The highest BCUT2D eigenvalue weighted by molar-refractivity contribution is 6.33. The number of nitrogens with one attached hydrogen (secondary N) is 1. The van der Waals surface area contributed by atoms with Crippen molar-refractivity contribution in [1.29, 1.82) is 0 Å². The van der Waals surface area contributed by atoms with Gasteiger partial charge in [-0.05, 0) is 48.2 Å². The van der Waals surface area contributed by atoms with Crippen LogP contribution in [0.25, 0.3) is 6.08 Å². The van der Waals surface area contributed by atoms with Crippen molar-refractivity contribution in [2.75, 3.05) is 6.61 Å². The summed E-state index contributed by atoms with van der Waals surface area (Å²) in [5, 5.41) is 2.80. The number of halogens is 4. The topological polar surface area (TPSA) is 96.0 Å². The molecule has 2 fully saturated rings. The molecule has 3 aromatic rings. The average Bonchev–Trinajstić information content (AvgIpc) is 3.40. The van der Waals surface area contributed by atoms with E-state index in [1.807, 2.05) is 24.3 Å². The zero-order valence-electron chi connectivity index (χ0n) is 24.7. The molecule has 3 amide bonds. The molecule has 4 unspecified atom stereocenters. The van der Waals surface area contributed by atoms with Gasteiger partial charge in [-0.15, -0.1) is 0 Å². The van der Waals surface area contributed by atoms with Gasteiger partial charge in [-0.3, -0.25) is 14.5 Å². The quantitative estimate of drug-likeness (QED) is 0.252. The largest absolute Gasteiger partial charge is 0.447 e. The van der Waals surface area contributed by atoms with Crippen LogP contribution in [0.3, 0.4) is 0 Å². The SMILES string of the molecule is CC(=O)CCC(C(=O)NCc1cccc(C(F)(F)F)c1)N1C(=O)C(N2C(=O)OCC2c2ccccc2)C1/C(Cl)=C/c1ccccc1. The van der Waals surface area contributed by atoms with Gasteiger partial charge < -0.3 is 19.7 Å². The average molecular weight is 654 g/mol. The molecule has 2 aliphatic rings. The first-order chi connectivity index (χ1) is 22.0. The minimum Gasteiger partial charge on any atom is -0.447 e. The van der Waals surface area contributed by atoms with Crippen molar-refractivity contribution in [1.82, 2.24) is 15.1 Å².